The lowest BCUT2D eigenvalue weighted by atomic mass is 10.1. The number of nitro benzene ring substituents is 1. The fourth-order valence-corrected chi connectivity index (χ4v) is 3.01. The highest BCUT2D eigenvalue weighted by Gasteiger charge is 2.15. The van der Waals surface area contributed by atoms with E-state index in [2.05, 4.69) is 5.32 Å². The van der Waals surface area contributed by atoms with Gasteiger partial charge < -0.3 is 5.32 Å². The Hall–Kier alpha value is -2.96. The number of benzene rings is 2. The zero-order chi connectivity index (χ0) is 17.9. The molecule has 0 saturated heterocycles. The van der Waals surface area contributed by atoms with Gasteiger partial charge in [0.15, 0.2) is 0 Å². The Kier molecular flexibility index (Phi) is 4.82. The van der Waals surface area contributed by atoms with Crippen LogP contribution in [0.15, 0.2) is 41.3 Å². The van der Waals surface area contributed by atoms with Crippen molar-refractivity contribution in [1.82, 2.24) is 0 Å². The molecule has 0 aliphatic heterocycles. The molecule has 0 saturated carbocycles. The van der Waals surface area contributed by atoms with Gasteiger partial charge in [0.05, 0.1) is 21.5 Å². The van der Waals surface area contributed by atoms with Gasteiger partial charge in [0.2, 0.25) is 10.0 Å². The molecule has 0 fully saturated rings. The number of nitro groups is 1. The Morgan fingerprint density at radius 1 is 1.29 bits per heavy atom. The maximum absolute atomic E-state index is 11.4. The van der Waals surface area contributed by atoms with E-state index in [-0.39, 0.29) is 28.4 Å². The zero-order valence-electron chi connectivity index (χ0n) is 12.7. The van der Waals surface area contributed by atoms with Crippen LogP contribution in [0.2, 0.25) is 0 Å². The molecule has 9 heteroatoms. The van der Waals surface area contributed by atoms with Gasteiger partial charge in [-0.2, -0.15) is 5.26 Å². The van der Waals surface area contributed by atoms with Gasteiger partial charge in [-0.25, -0.2) is 13.6 Å². The highest BCUT2D eigenvalue weighted by molar-refractivity contribution is 7.89. The van der Waals surface area contributed by atoms with Gasteiger partial charge in [0, 0.05) is 12.6 Å². The van der Waals surface area contributed by atoms with Crippen molar-refractivity contribution in [2.45, 2.75) is 18.4 Å². The van der Waals surface area contributed by atoms with Gasteiger partial charge in [-0.15, -0.1) is 0 Å². The molecule has 2 aromatic carbocycles. The van der Waals surface area contributed by atoms with E-state index in [0.717, 1.165) is 5.56 Å². The Balaban J connectivity index is 2.25. The monoisotopic (exact) mass is 346 g/mol. The third kappa shape index (κ3) is 3.87. The highest BCUT2D eigenvalue weighted by atomic mass is 32.2. The molecule has 0 bridgehead atoms. The van der Waals surface area contributed by atoms with Crippen LogP contribution in [0.3, 0.4) is 0 Å². The van der Waals surface area contributed by atoms with Crippen LogP contribution in [0.25, 0.3) is 0 Å². The van der Waals surface area contributed by atoms with Crippen molar-refractivity contribution in [3.8, 4) is 6.07 Å². The molecule has 3 N–H and O–H groups in total. The number of hydrogen-bond acceptors (Lipinski definition) is 6. The summed E-state index contributed by atoms with van der Waals surface area (Å²) in [6.45, 7) is 1.87. The minimum Gasteiger partial charge on any atom is -0.375 e. The van der Waals surface area contributed by atoms with Crippen LogP contribution in [0, 0.1) is 28.4 Å². The first kappa shape index (κ1) is 17.4. The number of nitriles is 1. The molecule has 0 aliphatic rings. The number of anilines is 1. The van der Waals surface area contributed by atoms with Gasteiger partial charge in [-0.3, -0.25) is 10.1 Å². The molecule has 0 heterocycles. The van der Waals surface area contributed by atoms with Gasteiger partial charge in [-0.1, -0.05) is 12.1 Å². The maximum Gasteiger partial charge on any atom is 0.293 e. The summed E-state index contributed by atoms with van der Waals surface area (Å²) in [6.07, 6.45) is 0. The summed E-state index contributed by atoms with van der Waals surface area (Å²) in [7, 11) is -3.78. The number of rotatable bonds is 5. The second-order valence-corrected chi connectivity index (χ2v) is 6.63. The van der Waals surface area contributed by atoms with Crippen molar-refractivity contribution in [3.63, 3.8) is 0 Å². The quantitative estimate of drug-likeness (QED) is 0.627. The van der Waals surface area contributed by atoms with Crippen molar-refractivity contribution in [1.29, 1.82) is 5.26 Å². The molecule has 0 spiro atoms. The third-order valence-electron chi connectivity index (χ3n) is 3.35. The fourth-order valence-electron chi connectivity index (χ4n) is 2.24. The number of primary sulfonamides is 1. The SMILES string of the molecule is Cc1cc(CNc2ccc(C#N)cc2[N+](=O)[O-])ccc1S(N)(=O)=O. The maximum atomic E-state index is 11.4. The standard InChI is InChI=1S/C15H14N4O4S/c1-10-6-12(3-5-15(10)24(17,22)23)9-18-13-4-2-11(8-16)7-14(13)19(20)21/h2-7,18H,9H2,1H3,(H2,17,22,23). The first-order chi connectivity index (χ1) is 11.2. The Morgan fingerprint density at radius 3 is 2.54 bits per heavy atom. The van der Waals surface area contributed by atoms with E-state index in [0.29, 0.717) is 5.56 Å². The number of sulfonamides is 1. The van der Waals surface area contributed by atoms with E-state index in [1.54, 1.807) is 19.1 Å². The molecule has 124 valence electrons. The summed E-state index contributed by atoms with van der Waals surface area (Å²) in [5.74, 6) is 0. The Morgan fingerprint density at radius 2 is 2.00 bits per heavy atom. The van der Waals surface area contributed by atoms with E-state index in [1.807, 2.05) is 6.07 Å². The molecular formula is C15H14N4O4S. The molecule has 2 rings (SSSR count). The second-order valence-electron chi connectivity index (χ2n) is 5.10. The van der Waals surface area contributed by atoms with Crippen LogP contribution in [0.4, 0.5) is 11.4 Å². The Labute approximate surface area is 138 Å². The summed E-state index contributed by atoms with van der Waals surface area (Å²) >= 11 is 0. The van der Waals surface area contributed by atoms with Crippen LogP contribution in [0.1, 0.15) is 16.7 Å². The van der Waals surface area contributed by atoms with Crippen molar-refractivity contribution in [2.24, 2.45) is 5.14 Å². The van der Waals surface area contributed by atoms with E-state index in [1.165, 1.54) is 24.3 Å². The number of nitrogens with zero attached hydrogens (tertiary/aromatic N) is 2. The number of nitrogens with one attached hydrogen (secondary N) is 1. The fraction of sp³-hybridized carbons (Fsp3) is 0.133. The molecule has 0 aromatic heterocycles. The smallest absolute Gasteiger partial charge is 0.293 e. The number of nitrogens with two attached hydrogens (primary N) is 1. The van der Waals surface area contributed by atoms with Crippen molar-refractivity contribution < 1.29 is 13.3 Å². The topological polar surface area (TPSA) is 139 Å². The zero-order valence-corrected chi connectivity index (χ0v) is 13.5. The average molecular weight is 346 g/mol. The normalized spacial score (nSPS) is 10.9. The van der Waals surface area contributed by atoms with Crippen LogP contribution in [-0.2, 0) is 16.6 Å². The lowest BCUT2D eigenvalue weighted by molar-refractivity contribution is -0.384. The summed E-state index contributed by atoms with van der Waals surface area (Å²) in [5.41, 5.74) is 1.49. The third-order valence-corrected chi connectivity index (χ3v) is 4.42. The van der Waals surface area contributed by atoms with Gasteiger partial charge in [0.25, 0.3) is 5.69 Å². The van der Waals surface area contributed by atoms with E-state index in [4.69, 9.17) is 10.4 Å². The van der Waals surface area contributed by atoms with Crippen LogP contribution >= 0.6 is 0 Å². The van der Waals surface area contributed by atoms with Gasteiger partial charge in [-0.05, 0) is 36.2 Å². The van der Waals surface area contributed by atoms with Crippen LogP contribution in [0.5, 0.6) is 0 Å². The molecule has 2 aromatic rings. The van der Waals surface area contributed by atoms with Crippen molar-refractivity contribution >= 4 is 21.4 Å². The minimum atomic E-state index is -3.78. The Bertz CT molecular complexity index is 948. The molecule has 0 aliphatic carbocycles. The molecule has 8 nitrogen and oxygen atoms in total. The van der Waals surface area contributed by atoms with Crippen molar-refractivity contribution in [2.75, 3.05) is 5.32 Å². The largest absolute Gasteiger partial charge is 0.375 e. The van der Waals surface area contributed by atoms with Gasteiger partial charge in [0.1, 0.15) is 5.69 Å². The number of aryl methyl sites for hydroxylation is 1. The lowest BCUT2D eigenvalue weighted by Gasteiger charge is -2.10. The molecule has 24 heavy (non-hydrogen) atoms. The van der Waals surface area contributed by atoms with Gasteiger partial charge >= 0.3 is 0 Å². The summed E-state index contributed by atoms with van der Waals surface area (Å²) in [4.78, 5) is 10.6. The van der Waals surface area contributed by atoms with Crippen LogP contribution < -0.4 is 10.5 Å². The first-order valence-corrected chi connectivity index (χ1v) is 8.32. The molecule has 0 radical (unpaired) electrons. The van der Waals surface area contributed by atoms with E-state index in [9.17, 15) is 18.5 Å². The summed E-state index contributed by atoms with van der Waals surface area (Å²) in [5, 5.41) is 27.9. The summed E-state index contributed by atoms with van der Waals surface area (Å²) < 4.78 is 22.8. The second kappa shape index (κ2) is 6.66. The highest BCUT2D eigenvalue weighted by Crippen LogP contribution is 2.26. The molecule has 0 unspecified atom stereocenters. The predicted octanol–water partition coefficient (Wildman–Crippen LogP) is 2.03. The van der Waals surface area contributed by atoms with E-state index < -0.39 is 14.9 Å². The lowest BCUT2D eigenvalue weighted by Crippen LogP contribution is -2.14. The molecule has 0 amide bonds. The minimum absolute atomic E-state index is 0.0376. The van der Waals surface area contributed by atoms with Crippen molar-refractivity contribution in [3.05, 3.63) is 63.2 Å². The van der Waals surface area contributed by atoms with Crippen LogP contribution in [-0.4, -0.2) is 13.3 Å². The first-order valence-electron chi connectivity index (χ1n) is 6.77. The predicted molar refractivity (Wildman–Crippen MR) is 87.7 cm³/mol. The van der Waals surface area contributed by atoms with E-state index >= 15 is 0 Å². The molecule has 0 atom stereocenters. The number of hydrogen-bond donors (Lipinski definition) is 2. The molecular weight excluding hydrogens is 332 g/mol. The summed E-state index contributed by atoms with van der Waals surface area (Å²) in [6, 6.07) is 10.6. The average Bonchev–Trinajstić information content (AvgIpc) is 2.51.